The van der Waals surface area contributed by atoms with Gasteiger partial charge in [-0.3, -0.25) is 4.79 Å². The van der Waals surface area contributed by atoms with Crippen LogP contribution in [-0.4, -0.2) is 39.3 Å². The Hall–Kier alpha value is -2.64. The lowest BCUT2D eigenvalue weighted by molar-refractivity contribution is -0.121. The van der Waals surface area contributed by atoms with Crippen molar-refractivity contribution in [3.05, 3.63) is 29.8 Å². The fourth-order valence-electron chi connectivity index (χ4n) is 2.03. The van der Waals surface area contributed by atoms with Gasteiger partial charge in [-0.15, -0.1) is 0 Å². The van der Waals surface area contributed by atoms with Gasteiger partial charge < -0.3 is 15.8 Å². The third kappa shape index (κ3) is 4.44. The van der Waals surface area contributed by atoms with E-state index in [1.807, 2.05) is 31.2 Å². The number of hydrogen-bond donors (Lipinski definition) is 2. The fraction of sp³-hybridized carbons (Fsp3) is 0.429. The van der Waals surface area contributed by atoms with Gasteiger partial charge in [0.2, 0.25) is 11.9 Å². The summed E-state index contributed by atoms with van der Waals surface area (Å²) in [7, 11) is 0. The van der Waals surface area contributed by atoms with Gasteiger partial charge >= 0.3 is 0 Å². The molecule has 1 aromatic carbocycles. The van der Waals surface area contributed by atoms with Crippen LogP contribution in [0.1, 0.15) is 18.9 Å². The number of anilines is 1. The lowest BCUT2D eigenvalue weighted by Crippen LogP contribution is -2.29. The van der Waals surface area contributed by atoms with Crippen LogP contribution in [0.5, 0.6) is 5.75 Å². The number of rotatable bonds is 8. The molecule has 0 aliphatic carbocycles. The van der Waals surface area contributed by atoms with E-state index in [0.29, 0.717) is 13.2 Å². The van der Waals surface area contributed by atoms with Crippen molar-refractivity contribution in [1.29, 1.82) is 0 Å². The normalized spacial score (nSPS) is 10.4. The molecule has 0 unspecified atom stereocenters. The molecule has 0 atom stereocenters. The number of ether oxygens (including phenoxy) is 1. The van der Waals surface area contributed by atoms with Gasteiger partial charge in [-0.1, -0.05) is 23.3 Å². The standard InChI is InChI=1S/C14H20N6O2/c1-2-22-12-8-4-3-6-11(12)7-5-9-16-13(21)10-20-14(15)17-18-19-20/h3-4,6,8H,2,5,7,9-10H2,1H3,(H,16,21)(H2,15,17,19). The minimum Gasteiger partial charge on any atom is -0.494 e. The van der Waals surface area contributed by atoms with Crippen molar-refractivity contribution in [2.45, 2.75) is 26.3 Å². The quantitative estimate of drug-likeness (QED) is 0.684. The highest BCUT2D eigenvalue weighted by atomic mass is 16.5. The first-order valence-corrected chi connectivity index (χ1v) is 7.19. The van der Waals surface area contributed by atoms with E-state index in [0.717, 1.165) is 24.2 Å². The third-order valence-electron chi connectivity index (χ3n) is 3.07. The number of benzene rings is 1. The van der Waals surface area contributed by atoms with E-state index in [-0.39, 0.29) is 18.4 Å². The number of para-hydroxylation sites is 1. The van der Waals surface area contributed by atoms with Crippen LogP contribution in [0.15, 0.2) is 24.3 Å². The van der Waals surface area contributed by atoms with Gasteiger partial charge in [-0.2, -0.15) is 0 Å². The molecule has 1 aromatic heterocycles. The van der Waals surface area contributed by atoms with Crippen molar-refractivity contribution in [2.75, 3.05) is 18.9 Å². The van der Waals surface area contributed by atoms with E-state index in [4.69, 9.17) is 10.5 Å². The van der Waals surface area contributed by atoms with Crippen LogP contribution in [0, 0.1) is 0 Å². The average Bonchev–Trinajstić information content (AvgIpc) is 2.91. The topological polar surface area (TPSA) is 108 Å². The maximum Gasteiger partial charge on any atom is 0.241 e. The molecular formula is C14H20N6O2. The van der Waals surface area contributed by atoms with Crippen LogP contribution in [0.25, 0.3) is 0 Å². The minimum atomic E-state index is -0.169. The zero-order valence-electron chi connectivity index (χ0n) is 12.5. The summed E-state index contributed by atoms with van der Waals surface area (Å²) in [5.74, 6) is 0.857. The third-order valence-corrected chi connectivity index (χ3v) is 3.07. The van der Waals surface area contributed by atoms with Crippen molar-refractivity contribution in [1.82, 2.24) is 25.5 Å². The molecule has 118 valence electrons. The zero-order chi connectivity index (χ0) is 15.8. The number of aromatic nitrogens is 4. The second-order valence-corrected chi connectivity index (χ2v) is 4.69. The Kier molecular flexibility index (Phi) is 5.70. The van der Waals surface area contributed by atoms with Crippen LogP contribution in [0.3, 0.4) is 0 Å². The van der Waals surface area contributed by atoms with Crippen molar-refractivity contribution < 1.29 is 9.53 Å². The molecule has 2 rings (SSSR count). The number of nitrogens with zero attached hydrogens (tertiary/aromatic N) is 4. The zero-order valence-corrected chi connectivity index (χ0v) is 12.5. The summed E-state index contributed by atoms with van der Waals surface area (Å²) < 4.78 is 6.82. The Bertz CT molecular complexity index is 613. The molecule has 2 aromatic rings. The van der Waals surface area contributed by atoms with E-state index in [2.05, 4.69) is 20.8 Å². The Labute approximate surface area is 128 Å². The molecule has 0 radical (unpaired) electrons. The molecule has 0 aliphatic heterocycles. The molecule has 8 heteroatoms. The molecule has 1 heterocycles. The van der Waals surface area contributed by atoms with Gasteiger partial charge in [0, 0.05) is 6.54 Å². The summed E-state index contributed by atoms with van der Waals surface area (Å²) in [5.41, 5.74) is 6.64. The number of aryl methyl sites for hydroxylation is 1. The lowest BCUT2D eigenvalue weighted by atomic mass is 10.1. The van der Waals surface area contributed by atoms with E-state index in [1.54, 1.807) is 0 Å². The average molecular weight is 304 g/mol. The van der Waals surface area contributed by atoms with E-state index in [9.17, 15) is 4.79 Å². The fourth-order valence-corrected chi connectivity index (χ4v) is 2.03. The van der Waals surface area contributed by atoms with Gasteiger partial charge in [0.25, 0.3) is 0 Å². The van der Waals surface area contributed by atoms with Gasteiger partial charge in [0.15, 0.2) is 0 Å². The van der Waals surface area contributed by atoms with Gasteiger partial charge in [0.05, 0.1) is 6.61 Å². The Morgan fingerprint density at radius 3 is 2.95 bits per heavy atom. The van der Waals surface area contributed by atoms with Crippen LogP contribution in [0.4, 0.5) is 5.95 Å². The molecule has 0 spiro atoms. The van der Waals surface area contributed by atoms with Gasteiger partial charge in [0.1, 0.15) is 12.3 Å². The molecule has 0 aliphatic rings. The highest BCUT2D eigenvalue weighted by Crippen LogP contribution is 2.19. The highest BCUT2D eigenvalue weighted by molar-refractivity contribution is 5.75. The van der Waals surface area contributed by atoms with Crippen LogP contribution in [0.2, 0.25) is 0 Å². The largest absolute Gasteiger partial charge is 0.494 e. The first kappa shape index (κ1) is 15.7. The van der Waals surface area contributed by atoms with Crippen LogP contribution < -0.4 is 15.8 Å². The summed E-state index contributed by atoms with van der Waals surface area (Å²) >= 11 is 0. The van der Waals surface area contributed by atoms with E-state index >= 15 is 0 Å². The number of nitrogens with two attached hydrogens (primary N) is 1. The summed E-state index contributed by atoms with van der Waals surface area (Å²) in [5, 5.41) is 13.3. The summed E-state index contributed by atoms with van der Waals surface area (Å²) in [4.78, 5) is 11.7. The molecule has 3 N–H and O–H groups in total. The predicted octanol–water partition coefficient (Wildman–Crippen LogP) is 0.403. The smallest absolute Gasteiger partial charge is 0.241 e. The number of amides is 1. The predicted molar refractivity (Wildman–Crippen MR) is 81.2 cm³/mol. The number of nitrogens with one attached hydrogen (secondary N) is 1. The molecular weight excluding hydrogens is 284 g/mol. The summed E-state index contributed by atoms with van der Waals surface area (Å²) in [6, 6.07) is 7.93. The molecule has 22 heavy (non-hydrogen) atoms. The molecule has 0 saturated carbocycles. The van der Waals surface area contributed by atoms with Crippen LogP contribution in [-0.2, 0) is 17.8 Å². The Balaban J connectivity index is 1.73. The molecule has 0 fully saturated rings. The minimum absolute atomic E-state index is 0.0222. The van der Waals surface area contributed by atoms with Gasteiger partial charge in [-0.05, 0) is 41.8 Å². The highest BCUT2D eigenvalue weighted by Gasteiger charge is 2.07. The molecule has 8 nitrogen and oxygen atoms in total. The Morgan fingerprint density at radius 1 is 1.41 bits per heavy atom. The van der Waals surface area contributed by atoms with Crippen molar-refractivity contribution in [3.63, 3.8) is 0 Å². The van der Waals surface area contributed by atoms with Gasteiger partial charge in [-0.25, -0.2) is 4.68 Å². The first-order valence-electron chi connectivity index (χ1n) is 7.19. The Morgan fingerprint density at radius 2 is 2.23 bits per heavy atom. The maximum atomic E-state index is 11.7. The number of carbonyl (C=O) groups is 1. The van der Waals surface area contributed by atoms with E-state index in [1.165, 1.54) is 4.68 Å². The van der Waals surface area contributed by atoms with Crippen molar-refractivity contribution >= 4 is 11.9 Å². The molecule has 1 amide bonds. The van der Waals surface area contributed by atoms with Crippen molar-refractivity contribution in [2.24, 2.45) is 0 Å². The summed E-state index contributed by atoms with van der Waals surface area (Å²) in [6.07, 6.45) is 1.66. The number of hydrogen-bond acceptors (Lipinski definition) is 6. The lowest BCUT2D eigenvalue weighted by Gasteiger charge is -2.10. The second-order valence-electron chi connectivity index (χ2n) is 4.69. The van der Waals surface area contributed by atoms with Crippen molar-refractivity contribution in [3.8, 4) is 5.75 Å². The molecule has 0 bridgehead atoms. The number of tetrazole rings is 1. The number of carbonyl (C=O) groups excluding carboxylic acids is 1. The first-order chi connectivity index (χ1) is 10.7. The second kappa shape index (κ2) is 7.96. The van der Waals surface area contributed by atoms with E-state index < -0.39 is 0 Å². The molecule has 0 saturated heterocycles. The monoisotopic (exact) mass is 304 g/mol. The van der Waals surface area contributed by atoms with Crippen LogP contribution >= 0.6 is 0 Å². The number of nitrogen functional groups attached to an aromatic ring is 1. The SMILES string of the molecule is CCOc1ccccc1CCCNC(=O)Cn1nnnc1N. The maximum absolute atomic E-state index is 11.7. The summed E-state index contributed by atoms with van der Waals surface area (Å²) in [6.45, 7) is 3.19.